The number of Topliss-reactive ketones (excluding diaryl/α,β-unsaturated/α-hetero) is 1. The van der Waals surface area contributed by atoms with Gasteiger partial charge < -0.3 is 10.1 Å². The second-order valence-electron chi connectivity index (χ2n) is 8.41. The van der Waals surface area contributed by atoms with Gasteiger partial charge in [0.2, 0.25) is 5.91 Å². The maximum Gasteiger partial charge on any atom is 0.245 e. The van der Waals surface area contributed by atoms with Crippen molar-refractivity contribution in [1.82, 2.24) is 15.5 Å². The van der Waals surface area contributed by atoms with Crippen LogP contribution in [0.1, 0.15) is 23.9 Å². The van der Waals surface area contributed by atoms with Gasteiger partial charge in [0, 0.05) is 24.1 Å². The number of nitrogens with one attached hydrogen (secondary N) is 1. The van der Waals surface area contributed by atoms with Crippen molar-refractivity contribution in [3.05, 3.63) is 52.1 Å². The van der Waals surface area contributed by atoms with Gasteiger partial charge in [-0.3, -0.25) is 14.6 Å². The van der Waals surface area contributed by atoms with Crippen LogP contribution in [0.15, 0.2) is 46.5 Å². The van der Waals surface area contributed by atoms with Gasteiger partial charge in [-0.05, 0) is 36.8 Å². The minimum atomic E-state index is -1.81. The number of hydrogen-bond acceptors (Lipinski definition) is 7. The lowest BCUT2D eigenvalue weighted by atomic mass is 9.83. The van der Waals surface area contributed by atoms with Crippen molar-refractivity contribution in [3.63, 3.8) is 0 Å². The Balaban J connectivity index is 1.37. The average molecular weight is 505 g/mol. The smallest absolute Gasteiger partial charge is 0.245 e. The van der Waals surface area contributed by atoms with E-state index in [2.05, 4.69) is 20.5 Å². The summed E-state index contributed by atoms with van der Waals surface area (Å²) in [6, 6.07) is 4.74. The number of aromatic nitrogens is 2. The van der Waals surface area contributed by atoms with E-state index in [0.29, 0.717) is 16.1 Å². The fourth-order valence-corrected chi connectivity index (χ4v) is 4.88. The number of amides is 1. The van der Waals surface area contributed by atoms with Crippen LogP contribution in [0.5, 0.6) is 5.75 Å². The molecule has 35 heavy (non-hydrogen) atoms. The monoisotopic (exact) mass is 504 g/mol. The van der Waals surface area contributed by atoms with Crippen LogP contribution in [-0.4, -0.2) is 47.4 Å². The first-order valence-corrected chi connectivity index (χ1v) is 11.7. The van der Waals surface area contributed by atoms with Gasteiger partial charge in [-0.1, -0.05) is 18.3 Å². The summed E-state index contributed by atoms with van der Waals surface area (Å²) in [7, 11) is 1.60. The SMILES string of the molecule is COc1ccc(-c2nnc(CNC(=O)C3N=CC(C(=O)C4=C(F)CC(F)C=C4F)C3C)s2)cc1C. The number of allylic oxidation sites excluding steroid dienone is 4. The molecule has 1 amide bonds. The van der Waals surface area contributed by atoms with Crippen LogP contribution in [0.4, 0.5) is 13.2 Å². The highest BCUT2D eigenvalue weighted by Gasteiger charge is 2.41. The van der Waals surface area contributed by atoms with E-state index in [1.165, 1.54) is 17.6 Å². The number of halogens is 3. The molecule has 4 atom stereocenters. The Morgan fingerprint density at radius 2 is 2.03 bits per heavy atom. The normalized spacial score (nSPS) is 23.9. The highest BCUT2D eigenvalue weighted by molar-refractivity contribution is 7.14. The van der Waals surface area contributed by atoms with Gasteiger partial charge in [-0.25, -0.2) is 13.2 Å². The molecule has 184 valence electrons. The molecular weight excluding hydrogens is 481 g/mol. The van der Waals surface area contributed by atoms with Crippen LogP contribution in [0.2, 0.25) is 0 Å². The number of ether oxygens (including phenoxy) is 1. The Labute approximate surface area is 203 Å². The van der Waals surface area contributed by atoms with E-state index in [1.807, 2.05) is 25.1 Å². The molecule has 2 aliphatic rings. The molecule has 1 aliphatic heterocycles. The van der Waals surface area contributed by atoms with Gasteiger partial charge in [0.1, 0.15) is 39.6 Å². The number of rotatable bonds is 7. The van der Waals surface area contributed by atoms with E-state index in [-0.39, 0.29) is 6.54 Å². The van der Waals surface area contributed by atoms with E-state index >= 15 is 0 Å². The quantitative estimate of drug-likeness (QED) is 0.609. The molecule has 7 nitrogen and oxygen atoms in total. The minimum absolute atomic E-state index is 0.109. The summed E-state index contributed by atoms with van der Waals surface area (Å²) in [6.45, 7) is 3.64. The van der Waals surface area contributed by atoms with Crippen LogP contribution < -0.4 is 10.1 Å². The summed E-state index contributed by atoms with van der Waals surface area (Å²) >= 11 is 1.32. The maximum atomic E-state index is 14.1. The van der Waals surface area contributed by atoms with Gasteiger partial charge in [-0.2, -0.15) is 0 Å². The number of aliphatic imine (C=N–C) groups is 1. The molecule has 2 heterocycles. The topological polar surface area (TPSA) is 93.5 Å². The zero-order valence-electron chi connectivity index (χ0n) is 19.2. The third-order valence-electron chi connectivity index (χ3n) is 6.02. The number of aryl methyl sites for hydroxylation is 1. The molecule has 1 aromatic carbocycles. The lowest BCUT2D eigenvalue weighted by Crippen LogP contribution is -2.38. The predicted octanol–water partition coefficient (Wildman–Crippen LogP) is 4.23. The van der Waals surface area contributed by atoms with E-state index in [4.69, 9.17) is 4.74 Å². The van der Waals surface area contributed by atoms with Crippen LogP contribution in [0.25, 0.3) is 10.6 Å². The average Bonchev–Trinajstić information content (AvgIpc) is 3.43. The van der Waals surface area contributed by atoms with E-state index in [0.717, 1.165) is 16.9 Å². The van der Waals surface area contributed by atoms with Crippen molar-refractivity contribution >= 4 is 29.2 Å². The van der Waals surface area contributed by atoms with Crippen LogP contribution in [-0.2, 0) is 16.1 Å². The van der Waals surface area contributed by atoms with Crippen LogP contribution in [0, 0.1) is 18.8 Å². The lowest BCUT2D eigenvalue weighted by molar-refractivity contribution is -0.124. The molecule has 1 aliphatic carbocycles. The standard InChI is InChI=1S/C24H23F3N4O3S/c1-11-6-13(4-5-18(11)34-3)24-31-30-19(35-24)10-29-23(33)21-12(2)15(9-28-21)22(32)20-16(26)7-14(25)8-17(20)27/h4-7,9,12,14-15,21H,8,10H2,1-3H3,(H,29,33). The summed E-state index contributed by atoms with van der Waals surface area (Å²) in [6.07, 6.45) is -0.673. The van der Waals surface area contributed by atoms with E-state index < -0.39 is 59.4 Å². The Bertz CT molecular complexity index is 1260. The Morgan fingerprint density at radius 1 is 1.26 bits per heavy atom. The summed E-state index contributed by atoms with van der Waals surface area (Å²) in [5, 5.41) is 12.3. The number of nitrogens with zero attached hydrogens (tertiary/aromatic N) is 3. The summed E-state index contributed by atoms with van der Waals surface area (Å²) in [5.41, 5.74) is 1.06. The molecule has 0 saturated carbocycles. The number of hydrogen-bond donors (Lipinski definition) is 1. The molecule has 1 N–H and O–H groups in total. The highest BCUT2D eigenvalue weighted by atomic mass is 32.1. The van der Waals surface area contributed by atoms with Crippen molar-refractivity contribution in [1.29, 1.82) is 0 Å². The number of ketones is 1. The largest absolute Gasteiger partial charge is 0.496 e. The van der Waals surface area contributed by atoms with Crippen molar-refractivity contribution in [2.24, 2.45) is 16.8 Å². The van der Waals surface area contributed by atoms with Gasteiger partial charge in [-0.15, -0.1) is 10.2 Å². The van der Waals surface area contributed by atoms with Gasteiger partial charge in [0.05, 0.1) is 25.1 Å². The maximum absolute atomic E-state index is 14.1. The summed E-state index contributed by atoms with van der Waals surface area (Å²) in [5.74, 6) is -4.51. The molecule has 0 saturated heterocycles. The first-order chi connectivity index (χ1) is 16.7. The minimum Gasteiger partial charge on any atom is -0.496 e. The fourth-order valence-electron chi connectivity index (χ4n) is 4.11. The van der Waals surface area contributed by atoms with Gasteiger partial charge in [0.15, 0.2) is 5.78 Å². The molecule has 4 rings (SSSR count). The number of carbonyl (C=O) groups is 2. The molecule has 0 radical (unpaired) electrons. The third kappa shape index (κ3) is 5.04. The zero-order chi connectivity index (χ0) is 25.3. The number of methoxy groups -OCH3 is 1. The second kappa shape index (κ2) is 10.1. The molecule has 0 spiro atoms. The molecule has 4 unspecified atom stereocenters. The number of carbonyl (C=O) groups excluding carboxylic acids is 2. The Hall–Kier alpha value is -3.34. The van der Waals surface area contributed by atoms with Crippen molar-refractivity contribution in [2.45, 2.75) is 39.0 Å². The van der Waals surface area contributed by atoms with Crippen molar-refractivity contribution in [2.75, 3.05) is 7.11 Å². The lowest BCUT2D eigenvalue weighted by Gasteiger charge is -2.20. The third-order valence-corrected chi connectivity index (χ3v) is 7.00. The first kappa shape index (κ1) is 24.8. The Morgan fingerprint density at radius 3 is 2.71 bits per heavy atom. The fraction of sp³-hybridized carbons (Fsp3) is 0.375. The second-order valence-corrected chi connectivity index (χ2v) is 9.47. The molecule has 0 fully saturated rings. The highest BCUT2D eigenvalue weighted by Crippen LogP contribution is 2.35. The molecule has 1 aromatic heterocycles. The summed E-state index contributed by atoms with van der Waals surface area (Å²) in [4.78, 5) is 29.6. The summed E-state index contributed by atoms with van der Waals surface area (Å²) < 4.78 is 46.8. The predicted molar refractivity (Wildman–Crippen MR) is 125 cm³/mol. The first-order valence-electron chi connectivity index (χ1n) is 10.9. The van der Waals surface area contributed by atoms with Crippen molar-refractivity contribution in [3.8, 4) is 16.3 Å². The number of alkyl halides is 1. The molecule has 0 bridgehead atoms. The van der Waals surface area contributed by atoms with Crippen LogP contribution >= 0.6 is 11.3 Å². The van der Waals surface area contributed by atoms with Crippen molar-refractivity contribution < 1.29 is 27.5 Å². The van der Waals surface area contributed by atoms with Gasteiger partial charge in [0.25, 0.3) is 0 Å². The van der Waals surface area contributed by atoms with Crippen LogP contribution in [0.3, 0.4) is 0 Å². The molecular formula is C24H23F3N4O3S. The van der Waals surface area contributed by atoms with E-state index in [1.54, 1.807) is 14.0 Å². The van der Waals surface area contributed by atoms with Gasteiger partial charge >= 0.3 is 0 Å². The molecule has 2 aromatic rings. The molecule has 11 heteroatoms. The van der Waals surface area contributed by atoms with E-state index in [9.17, 15) is 22.8 Å². The number of benzene rings is 1. The zero-order valence-corrected chi connectivity index (χ0v) is 20.0. The Kier molecular flexibility index (Phi) is 7.15.